The monoisotopic (exact) mass is 246 g/mol. The van der Waals surface area contributed by atoms with E-state index in [1.807, 2.05) is 0 Å². The highest BCUT2D eigenvalue weighted by Crippen LogP contribution is 2.36. The zero-order chi connectivity index (χ0) is 12.9. The lowest BCUT2D eigenvalue weighted by Crippen LogP contribution is -1.86. The van der Waals surface area contributed by atoms with E-state index >= 15 is 0 Å². The molecule has 0 aliphatic heterocycles. The predicted molar refractivity (Wildman–Crippen MR) is 64.7 cm³/mol. The van der Waals surface area contributed by atoms with Gasteiger partial charge in [-0.15, -0.1) is 0 Å². The number of aromatic hydroxyl groups is 2. The summed E-state index contributed by atoms with van der Waals surface area (Å²) in [4.78, 5) is 0. The third kappa shape index (κ3) is 1.39. The Morgan fingerprint density at radius 3 is 1.39 bits per heavy atom. The van der Waals surface area contributed by atoms with Crippen molar-refractivity contribution in [1.29, 1.82) is 0 Å². The quantitative estimate of drug-likeness (QED) is 0.469. The van der Waals surface area contributed by atoms with Gasteiger partial charge in [0.05, 0.1) is 0 Å². The second-order valence-electron chi connectivity index (χ2n) is 4.08. The van der Waals surface area contributed by atoms with Gasteiger partial charge in [-0.1, -0.05) is 0 Å². The summed E-state index contributed by atoms with van der Waals surface area (Å²) in [5.74, 6) is -1.33. The fourth-order valence-electron chi connectivity index (χ4n) is 2.08. The maximum absolute atomic E-state index is 13.6. The molecule has 0 bridgehead atoms. The van der Waals surface area contributed by atoms with Crippen LogP contribution in [-0.2, 0) is 0 Å². The van der Waals surface area contributed by atoms with E-state index in [1.165, 1.54) is 24.3 Å². The van der Waals surface area contributed by atoms with Crippen LogP contribution in [0.4, 0.5) is 8.78 Å². The van der Waals surface area contributed by atoms with Crippen molar-refractivity contribution >= 4 is 21.5 Å². The first-order valence-corrected chi connectivity index (χ1v) is 5.30. The Morgan fingerprint density at radius 1 is 0.611 bits per heavy atom. The highest BCUT2D eigenvalue weighted by Gasteiger charge is 2.11. The van der Waals surface area contributed by atoms with Crippen molar-refractivity contribution in [2.45, 2.75) is 0 Å². The van der Waals surface area contributed by atoms with E-state index in [1.54, 1.807) is 0 Å². The van der Waals surface area contributed by atoms with E-state index in [4.69, 9.17) is 0 Å². The lowest BCUT2D eigenvalue weighted by Gasteiger charge is -2.07. The van der Waals surface area contributed by atoms with Gasteiger partial charge in [0.1, 0.15) is 23.1 Å². The van der Waals surface area contributed by atoms with Gasteiger partial charge in [-0.2, -0.15) is 0 Å². The average molecular weight is 246 g/mol. The Morgan fingerprint density at radius 2 is 1.00 bits per heavy atom. The third-order valence-corrected chi connectivity index (χ3v) is 3.00. The Kier molecular flexibility index (Phi) is 2.13. The van der Waals surface area contributed by atoms with Crippen LogP contribution in [0.1, 0.15) is 0 Å². The van der Waals surface area contributed by atoms with Crippen molar-refractivity contribution in [3.05, 3.63) is 48.0 Å². The van der Waals surface area contributed by atoms with E-state index in [2.05, 4.69) is 0 Å². The average Bonchev–Trinajstić information content (AvgIpc) is 2.37. The summed E-state index contributed by atoms with van der Waals surface area (Å²) in [6.45, 7) is 0. The fourth-order valence-corrected chi connectivity index (χ4v) is 2.08. The molecule has 3 aromatic carbocycles. The Bertz CT molecular complexity index is 653. The van der Waals surface area contributed by atoms with Crippen LogP contribution in [0.25, 0.3) is 21.5 Å². The highest BCUT2D eigenvalue weighted by molar-refractivity contribution is 6.03. The molecule has 0 aliphatic rings. The van der Waals surface area contributed by atoms with E-state index in [9.17, 15) is 19.0 Å². The molecule has 0 amide bonds. The van der Waals surface area contributed by atoms with Gasteiger partial charge in [0.2, 0.25) is 0 Å². The zero-order valence-corrected chi connectivity index (χ0v) is 9.11. The molecule has 0 saturated heterocycles. The number of halogens is 2. The van der Waals surface area contributed by atoms with Crippen molar-refractivity contribution in [2.75, 3.05) is 0 Å². The summed E-state index contributed by atoms with van der Waals surface area (Å²) >= 11 is 0. The van der Waals surface area contributed by atoms with Crippen LogP contribution in [-0.4, -0.2) is 10.2 Å². The SMILES string of the molecule is Oc1ccc(O)c2cc3c(F)ccc(F)c3cc12. The highest BCUT2D eigenvalue weighted by atomic mass is 19.1. The van der Waals surface area contributed by atoms with Gasteiger partial charge in [-0.25, -0.2) is 8.78 Å². The molecule has 90 valence electrons. The molecule has 0 aromatic heterocycles. The van der Waals surface area contributed by atoms with Crippen molar-refractivity contribution in [2.24, 2.45) is 0 Å². The van der Waals surface area contributed by atoms with Gasteiger partial charge in [0, 0.05) is 21.5 Å². The van der Waals surface area contributed by atoms with Crippen molar-refractivity contribution in [3.63, 3.8) is 0 Å². The van der Waals surface area contributed by atoms with E-state index in [-0.39, 0.29) is 33.0 Å². The Hall–Kier alpha value is -2.36. The third-order valence-electron chi connectivity index (χ3n) is 3.00. The normalized spacial score (nSPS) is 11.2. The van der Waals surface area contributed by atoms with Crippen LogP contribution in [0.5, 0.6) is 11.5 Å². The van der Waals surface area contributed by atoms with Gasteiger partial charge in [-0.05, 0) is 36.4 Å². The predicted octanol–water partition coefficient (Wildman–Crippen LogP) is 3.68. The molecule has 2 N–H and O–H groups in total. The van der Waals surface area contributed by atoms with Gasteiger partial charge in [0.15, 0.2) is 0 Å². The molecule has 18 heavy (non-hydrogen) atoms. The van der Waals surface area contributed by atoms with Crippen molar-refractivity contribution < 1.29 is 19.0 Å². The molecule has 0 aliphatic carbocycles. The van der Waals surface area contributed by atoms with Crippen LogP contribution < -0.4 is 0 Å². The largest absolute Gasteiger partial charge is 0.507 e. The van der Waals surface area contributed by atoms with Gasteiger partial charge >= 0.3 is 0 Å². The molecule has 4 heteroatoms. The summed E-state index contributed by atoms with van der Waals surface area (Å²) < 4.78 is 27.2. The molecule has 0 atom stereocenters. The van der Waals surface area contributed by atoms with Crippen LogP contribution in [0.2, 0.25) is 0 Å². The molecule has 0 unspecified atom stereocenters. The van der Waals surface area contributed by atoms with E-state index in [0.717, 1.165) is 12.1 Å². The number of benzene rings is 3. The molecule has 3 aromatic rings. The minimum atomic E-state index is -0.573. The summed E-state index contributed by atoms with van der Waals surface area (Å²) in [7, 11) is 0. The van der Waals surface area contributed by atoms with E-state index < -0.39 is 11.6 Å². The fraction of sp³-hybridized carbons (Fsp3) is 0. The molecule has 0 fully saturated rings. The maximum Gasteiger partial charge on any atom is 0.131 e. The molecule has 3 rings (SSSR count). The summed E-state index contributed by atoms with van der Waals surface area (Å²) in [5, 5.41) is 20.1. The number of phenols is 2. The second-order valence-corrected chi connectivity index (χ2v) is 4.08. The van der Waals surface area contributed by atoms with Crippen LogP contribution in [0, 0.1) is 11.6 Å². The molecule has 0 spiro atoms. The molecule has 0 heterocycles. The zero-order valence-electron chi connectivity index (χ0n) is 9.11. The number of rotatable bonds is 0. The number of phenolic OH excluding ortho intramolecular Hbond substituents is 2. The lowest BCUT2D eigenvalue weighted by molar-refractivity contribution is 0.469. The van der Waals surface area contributed by atoms with Gasteiger partial charge in [0.25, 0.3) is 0 Å². The molecular formula is C14H8F2O2. The summed E-state index contributed by atoms with van der Waals surface area (Å²) in [6.07, 6.45) is 0. The summed E-state index contributed by atoms with van der Waals surface area (Å²) in [6, 6.07) is 7.34. The number of hydrogen-bond acceptors (Lipinski definition) is 2. The lowest BCUT2D eigenvalue weighted by atomic mass is 10.0. The molecule has 2 nitrogen and oxygen atoms in total. The first-order chi connectivity index (χ1) is 8.58. The minimum absolute atomic E-state index is 0.0726. The summed E-state index contributed by atoms with van der Waals surface area (Å²) in [5.41, 5.74) is 0. The topological polar surface area (TPSA) is 40.5 Å². The second kappa shape index (κ2) is 3.57. The van der Waals surface area contributed by atoms with Gasteiger partial charge < -0.3 is 10.2 Å². The molecular weight excluding hydrogens is 238 g/mol. The minimum Gasteiger partial charge on any atom is -0.507 e. The Labute approximate surface area is 101 Å². The first-order valence-electron chi connectivity index (χ1n) is 5.30. The van der Waals surface area contributed by atoms with Crippen molar-refractivity contribution in [3.8, 4) is 11.5 Å². The standard InChI is InChI=1S/C14H8F2O2/c15-11-1-2-12(16)8-6-10-9(5-7(8)11)13(17)3-4-14(10)18/h1-6,17-18H. The molecule has 0 radical (unpaired) electrons. The van der Waals surface area contributed by atoms with Crippen LogP contribution in [0.15, 0.2) is 36.4 Å². The van der Waals surface area contributed by atoms with Crippen molar-refractivity contribution in [1.82, 2.24) is 0 Å². The Balaban J connectivity index is 2.59. The maximum atomic E-state index is 13.6. The van der Waals surface area contributed by atoms with Gasteiger partial charge in [-0.3, -0.25) is 0 Å². The van der Waals surface area contributed by atoms with Crippen LogP contribution in [0.3, 0.4) is 0 Å². The molecule has 0 saturated carbocycles. The van der Waals surface area contributed by atoms with Crippen LogP contribution >= 0.6 is 0 Å². The first kappa shape index (κ1) is 10.8. The number of fused-ring (bicyclic) bond motifs is 2. The van der Waals surface area contributed by atoms with E-state index in [0.29, 0.717) is 0 Å². The smallest absolute Gasteiger partial charge is 0.131 e. The number of hydrogen-bond donors (Lipinski definition) is 2.